The number of Topliss-reactive ketones (excluding diaryl/α,β-unsaturated/α-hetero) is 1. The zero-order valence-electron chi connectivity index (χ0n) is 19.9. The Labute approximate surface area is 205 Å². The van der Waals surface area contributed by atoms with Gasteiger partial charge in [-0.1, -0.05) is 32.1 Å². The van der Waals surface area contributed by atoms with E-state index in [2.05, 4.69) is 10.6 Å². The second-order valence-corrected chi connectivity index (χ2v) is 8.80. The first kappa shape index (κ1) is 26.9. The maximum absolute atomic E-state index is 14.7. The lowest BCUT2D eigenvalue weighted by Gasteiger charge is -2.27. The van der Waals surface area contributed by atoms with Crippen LogP contribution in [0.5, 0.6) is 0 Å². The molecule has 2 aromatic rings. The van der Waals surface area contributed by atoms with Crippen molar-refractivity contribution < 1.29 is 37.0 Å². The van der Waals surface area contributed by atoms with Crippen LogP contribution in [0.25, 0.3) is 5.57 Å². The lowest BCUT2D eigenvalue weighted by molar-refractivity contribution is -0.138. The normalized spacial score (nSPS) is 14.2. The molecule has 0 aromatic heterocycles. The van der Waals surface area contributed by atoms with E-state index in [1.54, 1.807) is 13.0 Å². The second kappa shape index (κ2) is 10.5. The third kappa shape index (κ3) is 6.12. The number of carbonyl (C=O) groups is 2. The highest BCUT2D eigenvalue weighted by Gasteiger charge is 2.38. The van der Waals surface area contributed by atoms with Crippen molar-refractivity contribution in [1.29, 1.82) is 0 Å². The summed E-state index contributed by atoms with van der Waals surface area (Å²) in [6.07, 6.45) is -1.45. The number of halogens is 4. The minimum absolute atomic E-state index is 0.110. The number of ketones is 1. The summed E-state index contributed by atoms with van der Waals surface area (Å²) in [6.45, 7) is 4.49. The molecule has 0 saturated heterocycles. The second-order valence-electron chi connectivity index (χ2n) is 8.80. The van der Waals surface area contributed by atoms with Gasteiger partial charge in [-0.05, 0) is 54.0 Å². The van der Waals surface area contributed by atoms with Gasteiger partial charge in [0.15, 0.2) is 5.76 Å². The van der Waals surface area contributed by atoms with Crippen LogP contribution in [0, 0.1) is 5.82 Å². The molecule has 6 nitrogen and oxygen atoms in total. The molecule has 0 saturated carbocycles. The number of hydrogen-bond acceptors (Lipinski definition) is 4. The molecule has 0 radical (unpaired) electrons. The van der Waals surface area contributed by atoms with Gasteiger partial charge in [0.05, 0.1) is 24.5 Å². The number of ether oxygens (including phenoxy) is 1. The maximum Gasteiger partial charge on any atom is 0.416 e. The first-order chi connectivity index (χ1) is 16.9. The van der Waals surface area contributed by atoms with Crippen molar-refractivity contribution in [3.8, 4) is 0 Å². The molecule has 10 heteroatoms. The third-order valence-corrected chi connectivity index (χ3v) is 5.63. The largest absolute Gasteiger partial charge is 0.490 e. The highest BCUT2D eigenvalue weighted by molar-refractivity contribution is 6.02. The molecule has 0 atom stereocenters. The number of aliphatic hydroxyl groups excluding tert-OH is 1. The zero-order chi connectivity index (χ0) is 26.7. The van der Waals surface area contributed by atoms with E-state index in [1.807, 2.05) is 0 Å². The number of rotatable bonds is 7. The molecule has 2 aromatic carbocycles. The first-order valence-electron chi connectivity index (χ1n) is 11.1. The monoisotopic (exact) mass is 506 g/mol. The van der Waals surface area contributed by atoms with E-state index >= 15 is 0 Å². The average Bonchev–Trinajstić information content (AvgIpc) is 2.81. The number of carbonyl (C=O) groups excluding carboxylic acids is 2. The van der Waals surface area contributed by atoms with Crippen molar-refractivity contribution >= 4 is 28.8 Å². The molecular formula is C26H26F4N2O4. The van der Waals surface area contributed by atoms with E-state index in [-0.39, 0.29) is 34.9 Å². The van der Waals surface area contributed by atoms with Crippen LogP contribution in [-0.2, 0) is 21.1 Å². The van der Waals surface area contributed by atoms with Crippen molar-refractivity contribution in [2.24, 2.45) is 0 Å². The lowest BCUT2D eigenvalue weighted by atomic mass is 9.82. The summed E-state index contributed by atoms with van der Waals surface area (Å²) in [5.74, 6) is -0.774. The predicted molar refractivity (Wildman–Crippen MR) is 128 cm³/mol. The quantitative estimate of drug-likeness (QED) is 0.400. The van der Waals surface area contributed by atoms with Crippen molar-refractivity contribution in [1.82, 2.24) is 0 Å². The Morgan fingerprint density at radius 3 is 2.42 bits per heavy atom. The number of aliphatic hydroxyl groups is 1. The van der Waals surface area contributed by atoms with Crippen molar-refractivity contribution in [2.75, 3.05) is 23.8 Å². The number of nitrogens with one attached hydrogen (secondary N) is 2. The summed E-state index contributed by atoms with van der Waals surface area (Å²) in [7, 11) is 0. The Balaban J connectivity index is 1.77. The predicted octanol–water partition coefficient (Wildman–Crippen LogP) is 6.04. The summed E-state index contributed by atoms with van der Waals surface area (Å²) in [4.78, 5) is 24.3. The Morgan fingerprint density at radius 2 is 1.81 bits per heavy atom. The lowest BCUT2D eigenvalue weighted by Crippen LogP contribution is -2.27. The number of hydrogen-bond donors (Lipinski definition) is 3. The molecule has 1 aliphatic carbocycles. The van der Waals surface area contributed by atoms with Crippen LogP contribution in [0.1, 0.15) is 43.9 Å². The standard InChI is InChI=1S/C26H26F4N2O4/c1-4-36-23-12-16(6-10-22(23)34)15-5-9-21(20(27)11-15)32-24(35)31-17-7-8-18(25(2,3)14-33)19(13-17)26(28,29)30/h5-9,11-13,33H,4,10,14H2,1-3H3,(H2,31,32,35). The Kier molecular flexibility index (Phi) is 7.88. The number of urea groups is 1. The SMILES string of the molecule is CCOC1=CC(c2ccc(NC(=O)Nc3ccc(C(C)(C)CO)c(C(F)(F)F)c3)c(F)c2)=CCC1=O. The fourth-order valence-corrected chi connectivity index (χ4v) is 3.68. The van der Waals surface area contributed by atoms with Gasteiger partial charge in [-0.3, -0.25) is 4.79 Å². The van der Waals surface area contributed by atoms with E-state index < -0.39 is 35.6 Å². The van der Waals surface area contributed by atoms with E-state index in [0.29, 0.717) is 17.7 Å². The molecule has 0 fully saturated rings. The van der Waals surface area contributed by atoms with Gasteiger partial charge in [-0.15, -0.1) is 0 Å². The van der Waals surface area contributed by atoms with Crippen LogP contribution in [0.15, 0.2) is 54.3 Å². The third-order valence-electron chi connectivity index (χ3n) is 5.63. The van der Waals surface area contributed by atoms with Gasteiger partial charge in [-0.2, -0.15) is 13.2 Å². The number of allylic oxidation sites excluding steroid dienone is 4. The van der Waals surface area contributed by atoms with Crippen molar-refractivity contribution in [3.63, 3.8) is 0 Å². The van der Waals surface area contributed by atoms with E-state index in [0.717, 1.165) is 6.07 Å². The molecule has 0 aliphatic heterocycles. The topological polar surface area (TPSA) is 87.7 Å². The smallest absolute Gasteiger partial charge is 0.416 e. The van der Waals surface area contributed by atoms with Gasteiger partial charge in [0.25, 0.3) is 0 Å². The molecule has 3 N–H and O–H groups in total. The maximum atomic E-state index is 14.7. The first-order valence-corrected chi connectivity index (χ1v) is 11.1. The van der Waals surface area contributed by atoms with Crippen molar-refractivity contribution in [2.45, 2.75) is 38.8 Å². The molecule has 192 valence electrons. The average molecular weight is 506 g/mol. The summed E-state index contributed by atoms with van der Waals surface area (Å²) in [5, 5.41) is 14.0. The molecule has 0 bridgehead atoms. The highest BCUT2D eigenvalue weighted by atomic mass is 19.4. The summed E-state index contributed by atoms with van der Waals surface area (Å²) >= 11 is 0. The van der Waals surface area contributed by atoms with Crippen LogP contribution in [0.4, 0.5) is 33.7 Å². The summed E-state index contributed by atoms with van der Waals surface area (Å²) in [5.41, 5.74) is -1.57. The van der Waals surface area contributed by atoms with Gasteiger partial charge in [0.2, 0.25) is 5.78 Å². The number of anilines is 2. The van der Waals surface area contributed by atoms with E-state index in [4.69, 9.17) is 4.74 Å². The molecule has 3 rings (SSSR count). The Bertz CT molecular complexity index is 1230. The van der Waals surface area contributed by atoms with E-state index in [9.17, 15) is 32.3 Å². The molecule has 0 unspecified atom stereocenters. The van der Waals surface area contributed by atoms with Gasteiger partial charge in [-0.25, -0.2) is 9.18 Å². The zero-order valence-corrected chi connectivity index (χ0v) is 19.9. The van der Waals surface area contributed by atoms with Crippen LogP contribution in [0.2, 0.25) is 0 Å². The van der Waals surface area contributed by atoms with Crippen molar-refractivity contribution in [3.05, 3.63) is 76.8 Å². The van der Waals surface area contributed by atoms with Crippen LogP contribution in [0.3, 0.4) is 0 Å². The van der Waals surface area contributed by atoms with Gasteiger partial charge < -0.3 is 20.5 Å². The molecular weight excluding hydrogens is 480 g/mol. The number of benzene rings is 2. The fraction of sp³-hybridized carbons (Fsp3) is 0.308. The number of amides is 2. The number of alkyl halides is 3. The Hall–Kier alpha value is -3.66. The minimum atomic E-state index is -4.72. The van der Waals surface area contributed by atoms with Gasteiger partial charge in [0, 0.05) is 17.5 Å². The minimum Gasteiger partial charge on any atom is -0.490 e. The fourth-order valence-electron chi connectivity index (χ4n) is 3.68. The molecule has 0 heterocycles. The molecule has 36 heavy (non-hydrogen) atoms. The summed E-state index contributed by atoms with van der Waals surface area (Å²) in [6, 6.07) is 6.31. The molecule has 2 amide bonds. The van der Waals surface area contributed by atoms with Gasteiger partial charge >= 0.3 is 12.2 Å². The van der Waals surface area contributed by atoms with Crippen LogP contribution in [-0.4, -0.2) is 30.1 Å². The summed E-state index contributed by atoms with van der Waals surface area (Å²) < 4.78 is 60.9. The van der Waals surface area contributed by atoms with Gasteiger partial charge in [0.1, 0.15) is 5.82 Å². The molecule has 1 aliphatic rings. The van der Waals surface area contributed by atoms with Crippen LogP contribution < -0.4 is 10.6 Å². The van der Waals surface area contributed by atoms with Crippen LogP contribution >= 0.6 is 0 Å². The molecule has 0 spiro atoms. The Morgan fingerprint density at radius 1 is 1.08 bits per heavy atom. The highest BCUT2D eigenvalue weighted by Crippen LogP contribution is 2.39. The van der Waals surface area contributed by atoms with E-state index in [1.165, 1.54) is 50.3 Å².